The van der Waals surface area contributed by atoms with Gasteiger partial charge in [0.2, 0.25) is 5.82 Å². The largest absolute Gasteiger partial charge is 0.480 e. The summed E-state index contributed by atoms with van der Waals surface area (Å²) in [5.41, 5.74) is 7.18. The summed E-state index contributed by atoms with van der Waals surface area (Å²) in [6.07, 6.45) is 0. The number of ether oxygens (including phenoxy) is 1. The highest BCUT2D eigenvalue weighted by molar-refractivity contribution is 5.74. The second kappa shape index (κ2) is 10.8. The molecule has 2 atom stereocenters. The Balaban J connectivity index is 1.58. The number of aryl methyl sites for hydroxylation is 1. The predicted molar refractivity (Wildman–Crippen MR) is 139 cm³/mol. The Labute approximate surface area is 211 Å². The van der Waals surface area contributed by atoms with Gasteiger partial charge in [0.25, 0.3) is 5.89 Å². The zero-order chi connectivity index (χ0) is 25.8. The smallest absolute Gasteiger partial charge is 0.320 e. The molecule has 0 amide bonds. The van der Waals surface area contributed by atoms with E-state index in [1.165, 1.54) is 11.1 Å². The van der Waals surface area contributed by atoms with Crippen molar-refractivity contribution >= 4 is 5.97 Å². The van der Waals surface area contributed by atoms with Crippen LogP contribution in [0.1, 0.15) is 36.6 Å². The van der Waals surface area contributed by atoms with Crippen LogP contribution in [0.2, 0.25) is 0 Å². The number of carboxylic acid groups (broad SMARTS) is 1. The van der Waals surface area contributed by atoms with Gasteiger partial charge in [-0.15, -0.1) is 0 Å². The first kappa shape index (κ1) is 25.3. The van der Waals surface area contributed by atoms with E-state index in [4.69, 9.17) is 9.26 Å². The fourth-order valence-corrected chi connectivity index (χ4v) is 4.25. The minimum atomic E-state index is -0.846. The van der Waals surface area contributed by atoms with Crippen molar-refractivity contribution in [3.8, 4) is 34.0 Å². The van der Waals surface area contributed by atoms with Gasteiger partial charge in [-0.2, -0.15) is 4.98 Å². The molecule has 0 spiro atoms. The SMILES string of the molecule is COCc1cc(-c2nc(-c3ccc(C(C)N(C)C(C)C(=O)O)cc3)no2)ccc1-c1ccccc1C. The topological polar surface area (TPSA) is 88.7 Å². The van der Waals surface area contributed by atoms with Gasteiger partial charge >= 0.3 is 5.97 Å². The maximum atomic E-state index is 11.3. The molecular weight excluding hydrogens is 454 g/mol. The Hall–Kier alpha value is -3.81. The minimum absolute atomic E-state index is 0.0584. The maximum absolute atomic E-state index is 11.3. The lowest BCUT2D eigenvalue weighted by molar-refractivity contribution is -0.142. The summed E-state index contributed by atoms with van der Waals surface area (Å²) in [5, 5.41) is 13.5. The van der Waals surface area contributed by atoms with E-state index < -0.39 is 12.0 Å². The molecule has 1 aromatic heterocycles. The van der Waals surface area contributed by atoms with Crippen molar-refractivity contribution in [3.63, 3.8) is 0 Å². The fraction of sp³-hybridized carbons (Fsp3) is 0.276. The molecule has 7 nitrogen and oxygen atoms in total. The second-order valence-corrected chi connectivity index (χ2v) is 9.02. The summed E-state index contributed by atoms with van der Waals surface area (Å²) < 4.78 is 11.1. The van der Waals surface area contributed by atoms with Crippen molar-refractivity contribution in [1.29, 1.82) is 0 Å². The Morgan fingerprint density at radius 1 is 1.03 bits per heavy atom. The number of likely N-dealkylation sites (N-methyl/N-ethyl adjacent to an activating group) is 1. The van der Waals surface area contributed by atoms with Gasteiger partial charge in [-0.1, -0.05) is 59.8 Å². The molecule has 1 heterocycles. The van der Waals surface area contributed by atoms with Crippen molar-refractivity contribution in [2.75, 3.05) is 14.2 Å². The first-order valence-corrected chi connectivity index (χ1v) is 11.9. The van der Waals surface area contributed by atoms with E-state index in [1.807, 2.05) is 67.4 Å². The Morgan fingerprint density at radius 2 is 1.72 bits per heavy atom. The average molecular weight is 486 g/mol. The van der Waals surface area contributed by atoms with Crippen LogP contribution >= 0.6 is 0 Å². The zero-order valence-electron chi connectivity index (χ0n) is 21.2. The standard InChI is InChI=1S/C29H31N3O4/c1-18-8-6-7-9-25(18)26-15-14-23(16-24(26)17-35-5)28-30-27(31-36-28)22-12-10-21(11-13-22)19(2)32(4)20(3)29(33)34/h6-16,19-20H,17H2,1-5H3,(H,33,34). The molecule has 0 aliphatic heterocycles. The van der Waals surface area contributed by atoms with E-state index in [0.29, 0.717) is 18.3 Å². The highest BCUT2D eigenvalue weighted by Crippen LogP contribution is 2.32. The third kappa shape index (κ3) is 5.22. The first-order chi connectivity index (χ1) is 17.3. The third-order valence-corrected chi connectivity index (χ3v) is 6.74. The van der Waals surface area contributed by atoms with Gasteiger partial charge in [-0.05, 0) is 67.8 Å². The molecule has 1 N–H and O–H groups in total. The van der Waals surface area contributed by atoms with E-state index in [0.717, 1.165) is 27.8 Å². The molecule has 7 heteroatoms. The summed E-state index contributed by atoms with van der Waals surface area (Å²) in [7, 11) is 3.49. The second-order valence-electron chi connectivity index (χ2n) is 9.02. The van der Waals surface area contributed by atoms with Gasteiger partial charge in [-0.25, -0.2) is 0 Å². The molecule has 3 aromatic carbocycles. The van der Waals surface area contributed by atoms with E-state index >= 15 is 0 Å². The van der Waals surface area contributed by atoms with Gasteiger partial charge in [-0.3, -0.25) is 9.69 Å². The number of hydrogen-bond donors (Lipinski definition) is 1. The summed E-state index contributed by atoms with van der Waals surface area (Å²) >= 11 is 0. The third-order valence-electron chi connectivity index (χ3n) is 6.74. The van der Waals surface area contributed by atoms with E-state index in [9.17, 15) is 9.90 Å². The van der Waals surface area contributed by atoms with E-state index in [2.05, 4.69) is 35.3 Å². The average Bonchev–Trinajstić information content (AvgIpc) is 3.38. The number of nitrogens with zero attached hydrogens (tertiary/aromatic N) is 3. The number of aromatic nitrogens is 2. The lowest BCUT2D eigenvalue weighted by Gasteiger charge is -2.28. The molecule has 36 heavy (non-hydrogen) atoms. The predicted octanol–water partition coefficient (Wildman–Crippen LogP) is 5.99. The number of hydrogen-bond acceptors (Lipinski definition) is 6. The van der Waals surface area contributed by atoms with Gasteiger partial charge in [0.15, 0.2) is 0 Å². The van der Waals surface area contributed by atoms with Crippen LogP contribution in [-0.4, -0.2) is 46.3 Å². The molecule has 186 valence electrons. The minimum Gasteiger partial charge on any atom is -0.480 e. The molecule has 0 saturated carbocycles. The number of benzene rings is 3. The van der Waals surface area contributed by atoms with Crippen LogP contribution in [-0.2, 0) is 16.1 Å². The zero-order valence-corrected chi connectivity index (χ0v) is 21.2. The van der Waals surface area contributed by atoms with Gasteiger partial charge < -0.3 is 14.4 Å². The van der Waals surface area contributed by atoms with Crippen LogP contribution < -0.4 is 0 Å². The van der Waals surface area contributed by atoms with Crippen LogP contribution in [0.15, 0.2) is 71.3 Å². The lowest BCUT2D eigenvalue weighted by Crippen LogP contribution is -2.37. The van der Waals surface area contributed by atoms with Gasteiger partial charge in [0.1, 0.15) is 6.04 Å². The summed E-state index contributed by atoms with van der Waals surface area (Å²) in [4.78, 5) is 17.8. The van der Waals surface area contributed by atoms with Crippen molar-refractivity contribution < 1.29 is 19.2 Å². The fourth-order valence-electron chi connectivity index (χ4n) is 4.25. The lowest BCUT2D eigenvalue weighted by atomic mass is 9.94. The first-order valence-electron chi connectivity index (χ1n) is 11.9. The monoisotopic (exact) mass is 485 g/mol. The molecule has 0 bridgehead atoms. The van der Waals surface area contributed by atoms with Crippen molar-refractivity contribution in [1.82, 2.24) is 15.0 Å². The van der Waals surface area contributed by atoms with Crippen LogP contribution in [0.5, 0.6) is 0 Å². The van der Waals surface area contributed by atoms with Crippen molar-refractivity contribution in [2.45, 2.75) is 39.5 Å². The quantitative estimate of drug-likeness (QED) is 0.311. The summed E-state index contributed by atoms with van der Waals surface area (Å²) in [6, 6.07) is 21.5. The van der Waals surface area contributed by atoms with Crippen LogP contribution in [0.3, 0.4) is 0 Å². The molecule has 4 aromatic rings. The van der Waals surface area contributed by atoms with E-state index in [1.54, 1.807) is 14.0 Å². The Morgan fingerprint density at radius 3 is 2.39 bits per heavy atom. The number of carbonyl (C=O) groups is 1. The Bertz CT molecular complexity index is 1350. The van der Waals surface area contributed by atoms with E-state index in [-0.39, 0.29) is 6.04 Å². The summed E-state index contributed by atoms with van der Waals surface area (Å²) in [6.45, 7) is 6.23. The maximum Gasteiger partial charge on any atom is 0.320 e. The van der Waals surface area contributed by atoms with Crippen LogP contribution in [0, 0.1) is 6.92 Å². The van der Waals surface area contributed by atoms with Crippen molar-refractivity contribution in [2.24, 2.45) is 0 Å². The number of carboxylic acids is 1. The summed E-state index contributed by atoms with van der Waals surface area (Å²) in [5.74, 6) is 0.0831. The highest BCUT2D eigenvalue weighted by Gasteiger charge is 2.23. The highest BCUT2D eigenvalue weighted by atomic mass is 16.5. The van der Waals surface area contributed by atoms with Gasteiger partial charge in [0, 0.05) is 24.3 Å². The molecule has 0 radical (unpaired) electrons. The van der Waals surface area contributed by atoms with Crippen LogP contribution in [0.25, 0.3) is 34.0 Å². The Kier molecular flexibility index (Phi) is 7.62. The molecule has 2 unspecified atom stereocenters. The molecule has 0 fully saturated rings. The van der Waals surface area contributed by atoms with Crippen molar-refractivity contribution in [3.05, 3.63) is 83.4 Å². The molecule has 0 aliphatic rings. The molecule has 4 rings (SSSR count). The number of aliphatic carboxylic acids is 1. The number of methoxy groups -OCH3 is 1. The molecule has 0 saturated heterocycles. The van der Waals surface area contributed by atoms with Crippen LogP contribution in [0.4, 0.5) is 0 Å². The number of rotatable bonds is 9. The molecule has 0 aliphatic carbocycles. The van der Waals surface area contributed by atoms with Gasteiger partial charge in [0.05, 0.1) is 6.61 Å². The normalized spacial score (nSPS) is 13.1. The molecular formula is C29H31N3O4.